The quantitative estimate of drug-likeness (QED) is 0.737. The second-order valence-corrected chi connectivity index (χ2v) is 4.97. The lowest BCUT2D eigenvalue weighted by molar-refractivity contribution is -0.137. The monoisotopic (exact) mass is 323 g/mol. The standard InChI is InChI=1S/C14H12F3N5O/c1-9(22-6-2-4-19-22)7-12-20-13(21-23-12)10-8-18-5-3-11(10)14(15,16)17/h2-6,8-9H,7H2,1H3. The van der Waals surface area contributed by atoms with E-state index >= 15 is 0 Å². The summed E-state index contributed by atoms with van der Waals surface area (Å²) in [7, 11) is 0. The molecule has 0 fully saturated rings. The van der Waals surface area contributed by atoms with Crippen LogP contribution in [0, 0.1) is 0 Å². The molecule has 0 aliphatic carbocycles. The van der Waals surface area contributed by atoms with Crippen molar-refractivity contribution in [3.05, 3.63) is 48.4 Å². The van der Waals surface area contributed by atoms with Gasteiger partial charge in [0.15, 0.2) is 0 Å². The average Bonchev–Trinajstić information content (AvgIpc) is 3.18. The van der Waals surface area contributed by atoms with E-state index in [2.05, 4.69) is 20.2 Å². The van der Waals surface area contributed by atoms with Gasteiger partial charge in [-0.15, -0.1) is 0 Å². The normalized spacial score (nSPS) is 13.2. The van der Waals surface area contributed by atoms with E-state index in [1.807, 2.05) is 6.92 Å². The Morgan fingerprint density at radius 2 is 2.13 bits per heavy atom. The van der Waals surface area contributed by atoms with Crippen LogP contribution in [-0.2, 0) is 12.6 Å². The van der Waals surface area contributed by atoms with E-state index in [9.17, 15) is 13.2 Å². The summed E-state index contributed by atoms with van der Waals surface area (Å²) in [5.41, 5.74) is -1.05. The van der Waals surface area contributed by atoms with Gasteiger partial charge in [-0.05, 0) is 19.1 Å². The summed E-state index contributed by atoms with van der Waals surface area (Å²) in [6, 6.07) is 2.60. The SMILES string of the molecule is CC(Cc1nc(-c2cnccc2C(F)(F)F)no1)n1cccn1. The van der Waals surface area contributed by atoms with E-state index in [1.165, 1.54) is 0 Å². The molecule has 23 heavy (non-hydrogen) atoms. The van der Waals surface area contributed by atoms with Gasteiger partial charge in [0, 0.05) is 31.2 Å². The number of alkyl halides is 3. The van der Waals surface area contributed by atoms with Crippen molar-refractivity contribution in [2.45, 2.75) is 25.6 Å². The second-order valence-electron chi connectivity index (χ2n) is 4.97. The molecule has 0 radical (unpaired) electrons. The number of hydrogen-bond acceptors (Lipinski definition) is 5. The van der Waals surface area contributed by atoms with Crippen LogP contribution in [0.4, 0.5) is 13.2 Å². The third kappa shape index (κ3) is 3.22. The molecule has 0 bridgehead atoms. The molecule has 3 aromatic heterocycles. The molecule has 0 aliphatic rings. The molecule has 1 atom stereocenters. The Bertz CT molecular complexity index is 782. The highest BCUT2D eigenvalue weighted by Crippen LogP contribution is 2.35. The maximum atomic E-state index is 13.0. The molecule has 0 spiro atoms. The summed E-state index contributed by atoms with van der Waals surface area (Å²) < 4.78 is 45.8. The van der Waals surface area contributed by atoms with Gasteiger partial charge in [-0.3, -0.25) is 9.67 Å². The minimum Gasteiger partial charge on any atom is -0.339 e. The first kappa shape index (κ1) is 15.2. The van der Waals surface area contributed by atoms with Gasteiger partial charge in [0.25, 0.3) is 0 Å². The first-order valence-corrected chi connectivity index (χ1v) is 6.78. The molecule has 9 heteroatoms. The van der Waals surface area contributed by atoms with Crippen molar-refractivity contribution in [2.75, 3.05) is 0 Å². The Labute approximate surface area is 129 Å². The maximum Gasteiger partial charge on any atom is 0.417 e. The Balaban J connectivity index is 1.86. The summed E-state index contributed by atoms with van der Waals surface area (Å²) >= 11 is 0. The number of pyridine rings is 1. The van der Waals surface area contributed by atoms with Crippen LogP contribution in [-0.4, -0.2) is 24.9 Å². The zero-order valence-corrected chi connectivity index (χ0v) is 12.0. The molecule has 0 saturated heterocycles. The summed E-state index contributed by atoms with van der Waals surface area (Å²) in [6.07, 6.45) is 1.42. The van der Waals surface area contributed by atoms with Crippen LogP contribution in [0.1, 0.15) is 24.4 Å². The second kappa shape index (κ2) is 5.82. The molecule has 3 rings (SSSR count). The molecule has 120 valence electrons. The number of aromatic nitrogens is 5. The van der Waals surface area contributed by atoms with E-state index in [-0.39, 0.29) is 23.3 Å². The van der Waals surface area contributed by atoms with Crippen molar-refractivity contribution < 1.29 is 17.7 Å². The first-order chi connectivity index (χ1) is 10.9. The highest BCUT2D eigenvalue weighted by molar-refractivity contribution is 5.59. The third-order valence-electron chi connectivity index (χ3n) is 3.28. The van der Waals surface area contributed by atoms with Crippen LogP contribution in [0.2, 0.25) is 0 Å². The summed E-state index contributed by atoms with van der Waals surface area (Å²) in [5.74, 6) is 0.105. The molecule has 0 N–H and O–H groups in total. The van der Waals surface area contributed by atoms with Crippen molar-refractivity contribution in [2.24, 2.45) is 0 Å². The van der Waals surface area contributed by atoms with Crippen LogP contribution in [0.15, 0.2) is 41.4 Å². The highest BCUT2D eigenvalue weighted by atomic mass is 19.4. The predicted octanol–water partition coefficient (Wildman–Crippen LogP) is 3.15. The van der Waals surface area contributed by atoms with Gasteiger partial charge in [0.2, 0.25) is 11.7 Å². The van der Waals surface area contributed by atoms with Gasteiger partial charge in [0.05, 0.1) is 17.2 Å². The van der Waals surface area contributed by atoms with E-state index in [4.69, 9.17) is 4.52 Å². The van der Waals surface area contributed by atoms with E-state index < -0.39 is 11.7 Å². The van der Waals surface area contributed by atoms with Gasteiger partial charge in [-0.25, -0.2) is 0 Å². The van der Waals surface area contributed by atoms with Crippen molar-refractivity contribution in [1.82, 2.24) is 24.9 Å². The molecule has 3 heterocycles. The van der Waals surface area contributed by atoms with Crippen LogP contribution >= 0.6 is 0 Å². The minimum atomic E-state index is -4.51. The Hall–Kier alpha value is -2.71. The molecule has 0 aromatic carbocycles. The lowest BCUT2D eigenvalue weighted by atomic mass is 10.1. The number of rotatable bonds is 4. The van der Waals surface area contributed by atoms with Crippen LogP contribution in [0.5, 0.6) is 0 Å². The first-order valence-electron chi connectivity index (χ1n) is 6.78. The third-order valence-corrected chi connectivity index (χ3v) is 3.28. The van der Waals surface area contributed by atoms with E-state index in [0.29, 0.717) is 6.42 Å². The zero-order chi connectivity index (χ0) is 16.4. The Morgan fingerprint density at radius 1 is 1.30 bits per heavy atom. The number of nitrogens with zero attached hydrogens (tertiary/aromatic N) is 5. The van der Waals surface area contributed by atoms with Gasteiger partial charge in [0.1, 0.15) is 0 Å². The fourth-order valence-corrected chi connectivity index (χ4v) is 2.15. The fraction of sp³-hybridized carbons (Fsp3) is 0.286. The van der Waals surface area contributed by atoms with Crippen molar-refractivity contribution in [3.8, 4) is 11.4 Å². The molecular weight excluding hydrogens is 311 g/mol. The van der Waals surface area contributed by atoms with Crippen LogP contribution in [0.25, 0.3) is 11.4 Å². The summed E-state index contributed by atoms with van der Waals surface area (Å²) in [6.45, 7) is 1.89. The maximum absolute atomic E-state index is 13.0. The fourth-order valence-electron chi connectivity index (χ4n) is 2.15. The molecule has 0 saturated carbocycles. The Kier molecular flexibility index (Phi) is 3.85. The van der Waals surface area contributed by atoms with Crippen molar-refractivity contribution in [3.63, 3.8) is 0 Å². The molecule has 0 amide bonds. The Morgan fingerprint density at radius 3 is 2.83 bits per heavy atom. The molecule has 1 unspecified atom stereocenters. The highest BCUT2D eigenvalue weighted by Gasteiger charge is 2.35. The molecule has 3 aromatic rings. The molecule has 6 nitrogen and oxygen atoms in total. The minimum absolute atomic E-state index is 0.0608. The average molecular weight is 323 g/mol. The lowest BCUT2D eigenvalue weighted by Gasteiger charge is -2.09. The zero-order valence-electron chi connectivity index (χ0n) is 12.0. The number of hydrogen-bond donors (Lipinski definition) is 0. The van der Waals surface area contributed by atoms with Gasteiger partial charge in [-0.1, -0.05) is 5.16 Å². The van der Waals surface area contributed by atoms with E-state index in [1.54, 1.807) is 23.1 Å². The summed E-state index contributed by atoms with van der Waals surface area (Å²) in [5, 5.41) is 7.73. The van der Waals surface area contributed by atoms with Crippen LogP contribution < -0.4 is 0 Å². The van der Waals surface area contributed by atoms with Gasteiger partial charge < -0.3 is 4.52 Å². The topological polar surface area (TPSA) is 69.6 Å². The van der Waals surface area contributed by atoms with Crippen molar-refractivity contribution >= 4 is 0 Å². The largest absolute Gasteiger partial charge is 0.417 e. The lowest BCUT2D eigenvalue weighted by Crippen LogP contribution is -2.09. The van der Waals surface area contributed by atoms with E-state index in [0.717, 1.165) is 18.5 Å². The van der Waals surface area contributed by atoms with Gasteiger partial charge in [-0.2, -0.15) is 23.3 Å². The molecular formula is C14H12F3N5O. The number of halogens is 3. The smallest absolute Gasteiger partial charge is 0.339 e. The molecule has 0 aliphatic heterocycles. The summed E-state index contributed by atoms with van der Waals surface area (Å²) in [4.78, 5) is 7.76. The van der Waals surface area contributed by atoms with Crippen molar-refractivity contribution in [1.29, 1.82) is 0 Å². The van der Waals surface area contributed by atoms with Gasteiger partial charge >= 0.3 is 6.18 Å². The van der Waals surface area contributed by atoms with Crippen LogP contribution in [0.3, 0.4) is 0 Å². The predicted molar refractivity (Wildman–Crippen MR) is 73.2 cm³/mol.